The summed E-state index contributed by atoms with van der Waals surface area (Å²) < 4.78 is 16.2. The smallest absolute Gasteiger partial charge is 0.224 e. The summed E-state index contributed by atoms with van der Waals surface area (Å²) in [5.41, 5.74) is 2.96. The van der Waals surface area contributed by atoms with E-state index in [0.717, 1.165) is 13.1 Å². The summed E-state index contributed by atoms with van der Waals surface area (Å²) in [6.07, 6.45) is 6.57. The lowest BCUT2D eigenvalue weighted by molar-refractivity contribution is -0.132. The summed E-state index contributed by atoms with van der Waals surface area (Å²) in [4.78, 5) is 21.3. The van der Waals surface area contributed by atoms with Gasteiger partial charge in [-0.1, -0.05) is 24.3 Å². The monoisotopic (exact) mass is 420 g/mol. The first-order valence-electron chi connectivity index (χ1n) is 10.6. The molecule has 0 bridgehead atoms. The van der Waals surface area contributed by atoms with E-state index in [1.165, 1.54) is 17.3 Å². The van der Waals surface area contributed by atoms with Gasteiger partial charge in [0.2, 0.25) is 5.91 Å². The van der Waals surface area contributed by atoms with Crippen molar-refractivity contribution in [2.45, 2.75) is 25.9 Å². The van der Waals surface area contributed by atoms with Crippen LogP contribution in [0.2, 0.25) is 0 Å². The predicted octanol–water partition coefficient (Wildman–Crippen LogP) is 2.85. The Morgan fingerprint density at radius 2 is 1.94 bits per heavy atom. The summed E-state index contributed by atoms with van der Waals surface area (Å²) in [5, 5.41) is 7.62. The molecule has 0 aliphatic carbocycles. The number of likely N-dealkylation sites (tertiary alicyclic amines) is 1. The number of aromatic nitrogens is 4. The first-order chi connectivity index (χ1) is 15.1. The molecule has 3 atom stereocenters. The number of amides is 1. The minimum Gasteiger partial charge on any atom is -0.368 e. The molecule has 2 aliphatic heterocycles. The van der Waals surface area contributed by atoms with Crippen molar-refractivity contribution in [3.8, 4) is 0 Å². The molecule has 7 nitrogen and oxygen atoms in total. The van der Waals surface area contributed by atoms with Crippen molar-refractivity contribution in [3.63, 3.8) is 0 Å². The van der Waals surface area contributed by atoms with Gasteiger partial charge in [-0.2, -0.15) is 0 Å². The van der Waals surface area contributed by atoms with Crippen LogP contribution >= 0.6 is 0 Å². The molecule has 1 aromatic carbocycles. The fourth-order valence-electron chi connectivity index (χ4n) is 5.15. The Balaban J connectivity index is 1.41. The number of anilines is 1. The van der Waals surface area contributed by atoms with E-state index in [4.69, 9.17) is 0 Å². The van der Waals surface area contributed by atoms with E-state index in [1.54, 1.807) is 24.9 Å². The first-order valence-corrected chi connectivity index (χ1v) is 10.6. The maximum absolute atomic E-state index is 14.4. The maximum atomic E-state index is 14.4. The van der Waals surface area contributed by atoms with E-state index >= 15 is 0 Å². The first kappa shape index (κ1) is 19.7. The molecule has 2 aliphatic rings. The van der Waals surface area contributed by atoms with Gasteiger partial charge in [0.1, 0.15) is 12.7 Å². The molecule has 2 aromatic heterocycles. The van der Waals surface area contributed by atoms with Crippen LogP contribution in [0, 0.1) is 24.6 Å². The number of hydrogen-bond donors (Lipinski definition) is 0. The fourth-order valence-corrected chi connectivity index (χ4v) is 5.15. The van der Waals surface area contributed by atoms with Crippen LogP contribution in [0.25, 0.3) is 0 Å². The van der Waals surface area contributed by atoms with Gasteiger partial charge in [0.15, 0.2) is 5.82 Å². The van der Waals surface area contributed by atoms with Crippen LogP contribution in [0.4, 0.5) is 10.1 Å². The summed E-state index contributed by atoms with van der Waals surface area (Å²) in [6.45, 7) is 4.81. The molecule has 4 heterocycles. The van der Waals surface area contributed by atoms with E-state index in [9.17, 15) is 9.18 Å². The summed E-state index contributed by atoms with van der Waals surface area (Å²) >= 11 is 0. The molecule has 1 amide bonds. The minimum atomic E-state index is -0.295. The molecule has 3 aromatic rings. The summed E-state index contributed by atoms with van der Waals surface area (Å²) in [7, 11) is 0. The standard InChI is InChI=1S/C23H25FN6O/c1-16-4-2-3-5-18(16)23-19-13-29(21-6-8-25-10-20(21)24)11-17(19)12-30(23)22(31)7-9-28-14-26-27-15-28/h2-6,8,10,14-15,17,19,23H,7,9,11-13H2,1H3/t17-,19-,23-/m0/s1. The van der Waals surface area contributed by atoms with Crippen LogP contribution in [0.1, 0.15) is 23.6 Å². The van der Waals surface area contributed by atoms with Crippen molar-refractivity contribution in [3.05, 3.63) is 72.3 Å². The molecule has 160 valence electrons. The molecule has 0 spiro atoms. The number of rotatable bonds is 5. The van der Waals surface area contributed by atoms with Gasteiger partial charge in [-0.15, -0.1) is 10.2 Å². The molecule has 0 radical (unpaired) electrons. The number of halogens is 1. The van der Waals surface area contributed by atoms with Crippen LogP contribution in [-0.2, 0) is 11.3 Å². The number of benzene rings is 1. The van der Waals surface area contributed by atoms with Crippen molar-refractivity contribution in [1.82, 2.24) is 24.6 Å². The second-order valence-electron chi connectivity index (χ2n) is 8.45. The molecular weight excluding hydrogens is 395 g/mol. The summed E-state index contributed by atoms with van der Waals surface area (Å²) in [6, 6.07) is 10.0. The molecule has 8 heteroatoms. The third-order valence-corrected chi connectivity index (χ3v) is 6.63. The molecule has 5 rings (SSSR count). The average molecular weight is 420 g/mol. The van der Waals surface area contributed by atoms with Crippen LogP contribution in [0.5, 0.6) is 0 Å². The Morgan fingerprint density at radius 3 is 2.71 bits per heavy atom. The number of carbonyl (C=O) groups excluding carboxylic acids is 1. The van der Waals surface area contributed by atoms with Crippen LogP contribution < -0.4 is 4.90 Å². The molecule has 0 saturated carbocycles. The lowest BCUT2D eigenvalue weighted by Crippen LogP contribution is -2.36. The van der Waals surface area contributed by atoms with Crippen molar-refractivity contribution in [2.24, 2.45) is 11.8 Å². The highest BCUT2D eigenvalue weighted by Crippen LogP contribution is 2.47. The van der Waals surface area contributed by atoms with Gasteiger partial charge in [-0.05, 0) is 24.1 Å². The van der Waals surface area contributed by atoms with Gasteiger partial charge in [0.25, 0.3) is 0 Å². The van der Waals surface area contributed by atoms with Crippen molar-refractivity contribution >= 4 is 11.6 Å². The highest BCUT2D eigenvalue weighted by molar-refractivity contribution is 5.77. The Bertz CT molecular complexity index is 1070. The summed E-state index contributed by atoms with van der Waals surface area (Å²) in [5.74, 6) is 0.401. The van der Waals surface area contributed by atoms with Gasteiger partial charge in [0.05, 0.1) is 17.9 Å². The normalized spacial score (nSPS) is 22.7. The third kappa shape index (κ3) is 3.66. The third-order valence-electron chi connectivity index (χ3n) is 6.63. The second-order valence-corrected chi connectivity index (χ2v) is 8.45. The van der Waals surface area contributed by atoms with E-state index in [2.05, 4.69) is 39.1 Å². The van der Waals surface area contributed by atoms with E-state index in [0.29, 0.717) is 31.1 Å². The Hall–Kier alpha value is -3.29. The van der Waals surface area contributed by atoms with Gasteiger partial charge in [-0.25, -0.2) is 4.39 Å². The zero-order valence-corrected chi connectivity index (χ0v) is 17.4. The highest BCUT2D eigenvalue weighted by Gasteiger charge is 2.49. The molecule has 2 fully saturated rings. The zero-order valence-electron chi connectivity index (χ0n) is 17.4. The minimum absolute atomic E-state index is 0.00508. The van der Waals surface area contributed by atoms with E-state index in [-0.39, 0.29) is 23.7 Å². The predicted molar refractivity (Wildman–Crippen MR) is 114 cm³/mol. The number of nitrogens with zero attached hydrogens (tertiary/aromatic N) is 6. The van der Waals surface area contributed by atoms with E-state index in [1.807, 2.05) is 21.6 Å². The van der Waals surface area contributed by atoms with Gasteiger partial charge in [-0.3, -0.25) is 9.78 Å². The number of fused-ring (bicyclic) bond motifs is 1. The van der Waals surface area contributed by atoms with Gasteiger partial charge in [0, 0.05) is 50.6 Å². The lowest BCUT2D eigenvalue weighted by Gasteiger charge is -2.31. The number of aryl methyl sites for hydroxylation is 2. The number of hydrogen-bond acceptors (Lipinski definition) is 5. The lowest BCUT2D eigenvalue weighted by atomic mass is 9.87. The largest absolute Gasteiger partial charge is 0.368 e. The fraction of sp³-hybridized carbons (Fsp3) is 0.391. The topological polar surface area (TPSA) is 67.2 Å². The maximum Gasteiger partial charge on any atom is 0.224 e. The quantitative estimate of drug-likeness (QED) is 0.635. The van der Waals surface area contributed by atoms with Crippen LogP contribution in [0.3, 0.4) is 0 Å². The number of carbonyl (C=O) groups is 1. The van der Waals surface area contributed by atoms with Gasteiger partial charge >= 0.3 is 0 Å². The molecular formula is C23H25FN6O. The zero-order chi connectivity index (χ0) is 21.4. The molecule has 0 N–H and O–H groups in total. The average Bonchev–Trinajstić information content (AvgIpc) is 3.49. The Labute approximate surface area is 180 Å². The highest BCUT2D eigenvalue weighted by atomic mass is 19.1. The van der Waals surface area contributed by atoms with Crippen LogP contribution in [0.15, 0.2) is 55.4 Å². The second kappa shape index (κ2) is 8.09. The van der Waals surface area contributed by atoms with Gasteiger partial charge < -0.3 is 14.4 Å². The Kier molecular flexibility index (Phi) is 5.13. The van der Waals surface area contributed by atoms with Crippen LogP contribution in [-0.4, -0.2) is 50.2 Å². The molecule has 31 heavy (non-hydrogen) atoms. The molecule has 0 unspecified atom stereocenters. The van der Waals surface area contributed by atoms with Crippen molar-refractivity contribution in [1.29, 1.82) is 0 Å². The van der Waals surface area contributed by atoms with Crippen molar-refractivity contribution in [2.75, 3.05) is 24.5 Å². The SMILES string of the molecule is Cc1ccccc1[C@H]1[C@H]2CN(c3ccncc3F)C[C@H]2CN1C(=O)CCn1cnnc1. The molecule has 2 saturated heterocycles. The van der Waals surface area contributed by atoms with E-state index < -0.39 is 0 Å². The number of pyridine rings is 1. The van der Waals surface area contributed by atoms with Crippen molar-refractivity contribution < 1.29 is 9.18 Å². The Morgan fingerprint density at radius 1 is 1.13 bits per heavy atom.